The first-order valence-corrected chi connectivity index (χ1v) is 8.56. The number of ether oxygens (including phenoxy) is 1. The smallest absolute Gasteiger partial charge is 0.251 e. The van der Waals surface area contributed by atoms with Crippen LogP contribution in [0, 0.1) is 0 Å². The molecule has 26 heavy (non-hydrogen) atoms. The fraction of sp³-hybridized carbons (Fsp3) is 0.250. The van der Waals surface area contributed by atoms with Crippen molar-refractivity contribution < 1.29 is 9.53 Å². The minimum absolute atomic E-state index is 0.0137. The number of aromatic nitrogens is 3. The lowest BCUT2D eigenvalue weighted by molar-refractivity contribution is 0.0946. The molecule has 0 radical (unpaired) electrons. The van der Waals surface area contributed by atoms with Crippen LogP contribution in [0.3, 0.4) is 0 Å². The van der Waals surface area contributed by atoms with Crippen LogP contribution in [-0.4, -0.2) is 34.3 Å². The minimum Gasteiger partial charge on any atom is -0.496 e. The van der Waals surface area contributed by atoms with Crippen LogP contribution in [-0.2, 0) is 19.9 Å². The molecule has 1 aliphatic rings. The van der Waals surface area contributed by atoms with Crippen LogP contribution < -0.4 is 10.1 Å². The third-order valence-corrected chi connectivity index (χ3v) is 4.65. The number of carbonyl (C=O) groups is 1. The predicted molar refractivity (Wildman–Crippen MR) is 98.3 cm³/mol. The molecule has 0 saturated carbocycles. The summed E-state index contributed by atoms with van der Waals surface area (Å²) in [6.45, 7) is 0.675. The lowest BCUT2D eigenvalue weighted by Crippen LogP contribution is -2.32. The SMILES string of the molecule is COc1cc2c(cc1Cc1ccc(-c3cnn(C)c3)nc1)C(=O)NCC2. The highest BCUT2D eigenvalue weighted by molar-refractivity contribution is 5.97. The highest BCUT2D eigenvalue weighted by Crippen LogP contribution is 2.28. The maximum Gasteiger partial charge on any atom is 0.251 e. The molecule has 1 N–H and O–H groups in total. The van der Waals surface area contributed by atoms with E-state index in [0.29, 0.717) is 13.0 Å². The topological polar surface area (TPSA) is 69.0 Å². The van der Waals surface area contributed by atoms with E-state index in [1.165, 1.54) is 0 Å². The first-order chi connectivity index (χ1) is 12.6. The number of carbonyl (C=O) groups excluding carboxylic acids is 1. The van der Waals surface area contributed by atoms with Gasteiger partial charge in [-0.05, 0) is 41.3 Å². The number of fused-ring (bicyclic) bond motifs is 1. The fourth-order valence-electron chi connectivity index (χ4n) is 3.29. The Morgan fingerprint density at radius 2 is 2.15 bits per heavy atom. The van der Waals surface area contributed by atoms with E-state index >= 15 is 0 Å². The molecule has 6 heteroatoms. The first-order valence-electron chi connectivity index (χ1n) is 8.56. The number of hydrogen-bond donors (Lipinski definition) is 1. The summed E-state index contributed by atoms with van der Waals surface area (Å²) in [5.74, 6) is 0.801. The second-order valence-corrected chi connectivity index (χ2v) is 6.46. The van der Waals surface area contributed by atoms with Crippen LogP contribution in [0.1, 0.15) is 27.0 Å². The minimum atomic E-state index is -0.0137. The lowest BCUT2D eigenvalue weighted by atomic mass is 9.94. The highest BCUT2D eigenvalue weighted by atomic mass is 16.5. The van der Waals surface area contributed by atoms with E-state index < -0.39 is 0 Å². The van der Waals surface area contributed by atoms with Gasteiger partial charge in [0, 0.05) is 43.5 Å². The summed E-state index contributed by atoms with van der Waals surface area (Å²) < 4.78 is 7.31. The van der Waals surface area contributed by atoms with Crippen LogP contribution in [0.4, 0.5) is 0 Å². The molecule has 132 valence electrons. The van der Waals surface area contributed by atoms with Gasteiger partial charge in [-0.15, -0.1) is 0 Å². The summed E-state index contributed by atoms with van der Waals surface area (Å²) in [6.07, 6.45) is 7.09. The summed E-state index contributed by atoms with van der Waals surface area (Å²) in [4.78, 5) is 16.7. The van der Waals surface area contributed by atoms with E-state index in [1.54, 1.807) is 18.0 Å². The van der Waals surface area contributed by atoms with E-state index in [9.17, 15) is 4.79 Å². The number of pyridine rings is 1. The zero-order chi connectivity index (χ0) is 18.1. The van der Waals surface area contributed by atoms with Crippen molar-refractivity contribution in [3.05, 3.63) is 65.1 Å². The standard InChI is InChI=1S/C20H20N4O2/c1-24-12-16(11-23-24)18-4-3-13(10-22-18)7-15-8-17-14(9-19(15)26-2)5-6-21-20(17)25/h3-4,8-12H,5-7H2,1-2H3,(H,21,25). The molecule has 0 atom stereocenters. The molecule has 1 aliphatic heterocycles. The van der Waals surface area contributed by atoms with Gasteiger partial charge >= 0.3 is 0 Å². The van der Waals surface area contributed by atoms with Gasteiger partial charge in [0.05, 0.1) is 19.0 Å². The molecule has 0 unspecified atom stereocenters. The molecule has 3 heterocycles. The molecular weight excluding hydrogens is 328 g/mol. The molecule has 6 nitrogen and oxygen atoms in total. The Labute approximate surface area is 151 Å². The van der Waals surface area contributed by atoms with Crippen molar-refractivity contribution in [1.82, 2.24) is 20.1 Å². The van der Waals surface area contributed by atoms with E-state index in [1.807, 2.05) is 43.7 Å². The second-order valence-electron chi connectivity index (χ2n) is 6.46. The van der Waals surface area contributed by atoms with Gasteiger partial charge in [-0.1, -0.05) is 6.07 Å². The number of aryl methyl sites for hydroxylation is 1. The van der Waals surface area contributed by atoms with E-state index in [2.05, 4.69) is 15.4 Å². The lowest BCUT2D eigenvalue weighted by Gasteiger charge is -2.19. The molecule has 0 spiro atoms. The summed E-state index contributed by atoms with van der Waals surface area (Å²) in [5.41, 5.74) is 5.71. The van der Waals surface area contributed by atoms with Gasteiger partial charge in [0.25, 0.3) is 5.91 Å². The van der Waals surface area contributed by atoms with Gasteiger partial charge < -0.3 is 10.1 Å². The number of benzene rings is 1. The summed E-state index contributed by atoms with van der Waals surface area (Å²) in [6, 6.07) is 7.97. The zero-order valence-electron chi connectivity index (χ0n) is 14.8. The number of hydrogen-bond acceptors (Lipinski definition) is 4. The molecule has 3 aromatic rings. The number of rotatable bonds is 4. The Balaban J connectivity index is 1.62. The maximum absolute atomic E-state index is 12.1. The monoisotopic (exact) mass is 348 g/mol. The molecule has 4 rings (SSSR count). The fourth-order valence-corrected chi connectivity index (χ4v) is 3.29. The van der Waals surface area contributed by atoms with E-state index in [4.69, 9.17) is 4.74 Å². The van der Waals surface area contributed by atoms with Crippen LogP contribution >= 0.6 is 0 Å². The Kier molecular flexibility index (Phi) is 4.16. The number of amides is 1. The Bertz CT molecular complexity index is 960. The van der Waals surface area contributed by atoms with Gasteiger partial charge in [-0.3, -0.25) is 14.5 Å². The van der Waals surface area contributed by atoms with Gasteiger partial charge in [0.2, 0.25) is 0 Å². The molecule has 1 aromatic carbocycles. The molecule has 2 aromatic heterocycles. The Morgan fingerprint density at radius 1 is 1.27 bits per heavy atom. The van der Waals surface area contributed by atoms with Crippen molar-refractivity contribution in [1.29, 1.82) is 0 Å². The van der Waals surface area contributed by atoms with Crippen LogP contribution in [0.5, 0.6) is 5.75 Å². The molecule has 0 bridgehead atoms. The molecule has 1 amide bonds. The van der Waals surface area contributed by atoms with Crippen molar-refractivity contribution in [3.8, 4) is 17.0 Å². The third-order valence-electron chi connectivity index (χ3n) is 4.65. The second kappa shape index (κ2) is 6.63. The number of nitrogens with one attached hydrogen (secondary N) is 1. The largest absolute Gasteiger partial charge is 0.496 e. The van der Waals surface area contributed by atoms with E-state index in [0.717, 1.165) is 45.7 Å². The van der Waals surface area contributed by atoms with Crippen LogP contribution in [0.15, 0.2) is 42.9 Å². The zero-order valence-corrected chi connectivity index (χ0v) is 14.8. The number of nitrogens with zero attached hydrogens (tertiary/aromatic N) is 3. The van der Waals surface area contributed by atoms with Crippen molar-refractivity contribution in [2.24, 2.45) is 7.05 Å². The quantitative estimate of drug-likeness (QED) is 0.786. The average Bonchev–Trinajstić information content (AvgIpc) is 3.09. The van der Waals surface area contributed by atoms with Crippen LogP contribution in [0.25, 0.3) is 11.3 Å². The van der Waals surface area contributed by atoms with Gasteiger partial charge in [-0.25, -0.2) is 0 Å². The van der Waals surface area contributed by atoms with Crippen molar-refractivity contribution in [2.75, 3.05) is 13.7 Å². The number of methoxy groups -OCH3 is 1. The molecule has 0 saturated heterocycles. The van der Waals surface area contributed by atoms with Crippen molar-refractivity contribution in [3.63, 3.8) is 0 Å². The normalized spacial score (nSPS) is 13.2. The summed E-state index contributed by atoms with van der Waals surface area (Å²) in [5, 5.41) is 7.07. The summed E-state index contributed by atoms with van der Waals surface area (Å²) in [7, 11) is 3.55. The molecular formula is C20H20N4O2. The Morgan fingerprint density at radius 3 is 2.85 bits per heavy atom. The maximum atomic E-state index is 12.1. The highest BCUT2D eigenvalue weighted by Gasteiger charge is 2.19. The third kappa shape index (κ3) is 3.06. The van der Waals surface area contributed by atoms with Gasteiger partial charge in [0.15, 0.2) is 0 Å². The van der Waals surface area contributed by atoms with Crippen molar-refractivity contribution in [2.45, 2.75) is 12.8 Å². The van der Waals surface area contributed by atoms with E-state index in [-0.39, 0.29) is 5.91 Å². The first kappa shape index (κ1) is 16.3. The molecule has 0 aliphatic carbocycles. The molecule has 0 fully saturated rings. The van der Waals surface area contributed by atoms with Gasteiger partial charge in [-0.2, -0.15) is 5.10 Å². The van der Waals surface area contributed by atoms with Gasteiger partial charge in [0.1, 0.15) is 5.75 Å². The average molecular weight is 348 g/mol. The summed E-state index contributed by atoms with van der Waals surface area (Å²) >= 11 is 0. The van der Waals surface area contributed by atoms with Crippen molar-refractivity contribution >= 4 is 5.91 Å². The predicted octanol–water partition coefficient (Wildman–Crippen LogP) is 2.37. The van der Waals surface area contributed by atoms with Crippen LogP contribution in [0.2, 0.25) is 0 Å². The Hall–Kier alpha value is -3.15.